The minimum Gasteiger partial charge on any atom is -0.505 e. The van der Waals surface area contributed by atoms with Crippen molar-refractivity contribution in [2.75, 3.05) is 0 Å². The fourth-order valence-electron chi connectivity index (χ4n) is 2.91. The van der Waals surface area contributed by atoms with Crippen molar-refractivity contribution in [1.82, 2.24) is 4.98 Å². The van der Waals surface area contributed by atoms with Gasteiger partial charge in [-0.3, -0.25) is 13.9 Å². The van der Waals surface area contributed by atoms with Crippen LogP contribution < -0.4 is 0 Å². The second kappa shape index (κ2) is 8.47. The Kier molecular flexibility index (Phi) is 7.11. The van der Waals surface area contributed by atoms with Crippen LogP contribution in [0.4, 0.5) is 5.69 Å². The molecule has 1 aliphatic rings. The third-order valence-corrected chi connectivity index (χ3v) is 5.93. The van der Waals surface area contributed by atoms with Gasteiger partial charge in [0, 0.05) is 70.0 Å². The molecule has 2 aromatic carbocycles. The van der Waals surface area contributed by atoms with Crippen LogP contribution in [0.2, 0.25) is 0 Å². The molecule has 0 amide bonds. The third-order valence-electron chi connectivity index (χ3n) is 4.24. The molecule has 0 fully saturated rings. The van der Waals surface area contributed by atoms with Crippen molar-refractivity contribution in [3.63, 3.8) is 0 Å². The minimum atomic E-state index is -4.52. The summed E-state index contributed by atoms with van der Waals surface area (Å²) in [4.78, 5) is 18.6. The molecule has 1 aromatic heterocycles. The van der Waals surface area contributed by atoms with Crippen LogP contribution in [0.3, 0.4) is 0 Å². The van der Waals surface area contributed by atoms with Crippen molar-refractivity contribution >= 4 is 107 Å². The summed E-state index contributed by atoms with van der Waals surface area (Å²) in [6.07, 6.45) is 0. The standard InChI is InChI=1S/C16H10N2O8S2.2Na/c19-15-9-5-7(27(21,22)23)1-3-11(9)17-13(15)14-16(20)10-6-8(28(24,25)26)2-4-12(10)18-14;;/h1-6,17,19H,(H,21,22,23)(H,24,25,26);;. The van der Waals surface area contributed by atoms with Crippen molar-refractivity contribution in [3.05, 3.63) is 47.7 Å². The molecule has 4 rings (SSSR count). The van der Waals surface area contributed by atoms with Gasteiger partial charge in [-0.15, -0.1) is 0 Å². The predicted octanol–water partition coefficient (Wildman–Crippen LogP) is 0.922. The van der Waals surface area contributed by atoms with Gasteiger partial charge in [-0.1, -0.05) is 0 Å². The van der Waals surface area contributed by atoms with Crippen LogP contribution in [0, 0.1) is 0 Å². The Hall–Kier alpha value is -1.06. The molecule has 4 N–H and O–H groups in total. The van der Waals surface area contributed by atoms with Crippen molar-refractivity contribution < 1.29 is 35.8 Å². The second-order valence-corrected chi connectivity index (χ2v) is 8.82. The number of rotatable bonds is 3. The average Bonchev–Trinajstić information content (AvgIpc) is 3.10. The van der Waals surface area contributed by atoms with Crippen LogP contribution >= 0.6 is 0 Å². The Balaban J connectivity index is 0.00000160. The van der Waals surface area contributed by atoms with Crippen molar-refractivity contribution in [2.45, 2.75) is 9.79 Å². The number of nitrogens with zero attached hydrogens (tertiary/aromatic N) is 1. The molecule has 146 valence electrons. The molecule has 0 aliphatic carbocycles. The first-order valence-electron chi connectivity index (χ1n) is 7.54. The molecule has 0 saturated carbocycles. The van der Waals surface area contributed by atoms with E-state index in [2.05, 4.69) is 9.98 Å². The van der Waals surface area contributed by atoms with Crippen molar-refractivity contribution in [3.8, 4) is 5.75 Å². The van der Waals surface area contributed by atoms with Crippen LogP contribution in [0.5, 0.6) is 5.75 Å². The number of fused-ring (bicyclic) bond motifs is 2. The number of aromatic amines is 1. The van der Waals surface area contributed by atoms with Crippen LogP contribution in [-0.4, -0.2) is 107 Å². The molecular formula is C16H10N2Na2O8S2. The summed E-state index contributed by atoms with van der Waals surface area (Å²) in [7, 11) is -9.02. The molecule has 3 aromatic rings. The Bertz CT molecular complexity index is 1440. The summed E-state index contributed by atoms with van der Waals surface area (Å²) in [6, 6.07) is 6.73. The first-order valence-corrected chi connectivity index (χ1v) is 10.4. The molecule has 0 atom stereocenters. The Morgan fingerprint density at radius 1 is 0.867 bits per heavy atom. The molecule has 30 heavy (non-hydrogen) atoms. The first kappa shape index (κ1) is 25.2. The van der Waals surface area contributed by atoms with E-state index in [0.29, 0.717) is 0 Å². The average molecular weight is 468 g/mol. The van der Waals surface area contributed by atoms with Crippen LogP contribution in [0.15, 0.2) is 51.2 Å². The van der Waals surface area contributed by atoms with Crippen LogP contribution in [-0.2, 0) is 20.2 Å². The van der Waals surface area contributed by atoms with E-state index in [-0.39, 0.29) is 92.7 Å². The van der Waals surface area contributed by atoms with E-state index < -0.39 is 41.6 Å². The number of aliphatic imine (C=N–C) groups is 1. The van der Waals surface area contributed by atoms with E-state index in [1.165, 1.54) is 12.1 Å². The van der Waals surface area contributed by atoms with Crippen LogP contribution in [0.25, 0.3) is 10.9 Å². The number of nitrogens with one attached hydrogen (secondary N) is 1. The van der Waals surface area contributed by atoms with Crippen molar-refractivity contribution in [1.29, 1.82) is 0 Å². The quantitative estimate of drug-likeness (QED) is 0.324. The zero-order valence-electron chi connectivity index (χ0n) is 15.6. The fourth-order valence-corrected chi connectivity index (χ4v) is 3.93. The second-order valence-electron chi connectivity index (χ2n) is 5.97. The summed E-state index contributed by atoms with van der Waals surface area (Å²) in [6.45, 7) is 0. The van der Waals surface area contributed by atoms with Gasteiger partial charge in [-0.05, 0) is 36.4 Å². The van der Waals surface area contributed by atoms with Gasteiger partial charge in [0.25, 0.3) is 20.2 Å². The maximum Gasteiger partial charge on any atom is 0.294 e. The maximum atomic E-state index is 12.7. The largest absolute Gasteiger partial charge is 0.505 e. The number of carbonyl (C=O) groups excluding carboxylic acids is 1. The van der Waals surface area contributed by atoms with E-state index >= 15 is 0 Å². The van der Waals surface area contributed by atoms with E-state index in [0.717, 1.165) is 24.3 Å². The number of aromatic hydroxyl groups is 1. The van der Waals surface area contributed by atoms with E-state index in [1.807, 2.05) is 0 Å². The molecular weight excluding hydrogens is 458 g/mol. The summed E-state index contributed by atoms with van der Waals surface area (Å²) >= 11 is 0. The van der Waals surface area contributed by atoms with Gasteiger partial charge in [-0.2, -0.15) is 16.8 Å². The van der Waals surface area contributed by atoms with Gasteiger partial charge in [0.15, 0.2) is 5.75 Å². The molecule has 1 aliphatic heterocycles. The molecule has 2 heterocycles. The number of Topliss-reactive ketones (excluding diaryl/α,β-unsaturated/α-hetero) is 1. The number of carbonyl (C=O) groups is 1. The number of H-pyrrole nitrogens is 1. The zero-order chi connectivity index (χ0) is 20.4. The predicted molar refractivity (Wildman–Crippen MR) is 108 cm³/mol. The molecule has 0 unspecified atom stereocenters. The van der Waals surface area contributed by atoms with Gasteiger partial charge in [0.1, 0.15) is 11.4 Å². The number of benzene rings is 2. The maximum absolute atomic E-state index is 12.7. The van der Waals surface area contributed by atoms with E-state index in [9.17, 15) is 26.7 Å². The monoisotopic (exact) mass is 468 g/mol. The number of hydrogen-bond donors (Lipinski definition) is 4. The molecule has 2 radical (unpaired) electrons. The number of aromatic nitrogens is 1. The molecule has 0 bridgehead atoms. The summed E-state index contributed by atoms with van der Waals surface area (Å²) in [5, 5.41) is 10.5. The van der Waals surface area contributed by atoms with E-state index in [4.69, 9.17) is 9.11 Å². The molecule has 0 saturated heterocycles. The molecule has 0 spiro atoms. The molecule has 10 nitrogen and oxygen atoms in total. The normalized spacial score (nSPS) is 13.4. The van der Waals surface area contributed by atoms with Gasteiger partial charge in [0.05, 0.1) is 21.0 Å². The fraction of sp³-hybridized carbons (Fsp3) is 0. The summed E-state index contributed by atoms with van der Waals surface area (Å²) in [5.74, 6) is -1.16. The third kappa shape index (κ3) is 4.30. The number of hydrogen-bond acceptors (Lipinski definition) is 7. The van der Waals surface area contributed by atoms with Gasteiger partial charge in [-0.25, -0.2) is 4.99 Å². The van der Waals surface area contributed by atoms with Gasteiger partial charge in [0.2, 0.25) is 5.78 Å². The van der Waals surface area contributed by atoms with Crippen LogP contribution in [0.1, 0.15) is 16.1 Å². The Morgan fingerprint density at radius 3 is 2.03 bits per heavy atom. The first-order chi connectivity index (χ1) is 13.0. The summed E-state index contributed by atoms with van der Waals surface area (Å²) < 4.78 is 63.4. The van der Waals surface area contributed by atoms with Gasteiger partial charge >= 0.3 is 0 Å². The Morgan fingerprint density at radius 2 is 1.43 bits per heavy atom. The smallest absolute Gasteiger partial charge is 0.294 e. The zero-order valence-corrected chi connectivity index (χ0v) is 21.2. The topological polar surface area (TPSA) is 174 Å². The minimum absolute atomic E-state index is 0. The van der Waals surface area contributed by atoms with Gasteiger partial charge < -0.3 is 10.1 Å². The van der Waals surface area contributed by atoms with Crippen molar-refractivity contribution in [2.24, 2.45) is 4.99 Å². The molecule has 14 heteroatoms. The number of ketones is 1. The SMILES string of the molecule is O=C1C(c2[nH]c3ccc(S(=O)(=O)O)cc3c2O)=Nc2ccc(S(=O)(=O)O)cc21.[Na].[Na]. The summed E-state index contributed by atoms with van der Waals surface area (Å²) in [5.41, 5.74) is 0.0255. The van der Waals surface area contributed by atoms with E-state index in [1.54, 1.807) is 0 Å². The Labute approximate surface area is 214 Å².